The third-order valence-corrected chi connectivity index (χ3v) is 3.51. The molecule has 1 aromatic rings. The van der Waals surface area contributed by atoms with Gasteiger partial charge in [0.25, 0.3) is 5.91 Å². The van der Waals surface area contributed by atoms with E-state index in [1.54, 1.807) is 27.7 Å². The lowest BCUT2D eigenvalue weighted by Crippen LogP contribution is -2.55. The van der Waals surface area contributed by atoms with Crippen LogP contribution in [0.1, 0.15) is 27.7 Å². The lowest BCUT2D eigenvalue weighted by atomic mass is 10.1. The minimum Gasteiger partial charge on any atom is -0.486 e. The molecular weight excluding hydrogens is 345 g/mol. The van der Waals surface area contributed by atoms with Crippen LogP contribution in [0.25, 0.3) is 0 Å². The van der Waals surface area contributed by atoms with E-state index in [9.17, 15) is 18.8 Å². The van der Waals surface area contributed by atoms with E-state index in [1.165, 1.54) is 12.1 Å². The fraction of sp³-hybridized carbons (Fsp3) is 0.471. The molecule has 1 aliphatic rings. The van der Waals surface area contributed by atoms with Gasteiger partial charge in [0, 0.05) is 6.07 Å². The van der Waals surface area contributed by atoms with Crippen molar-refractivity contribution in [1.82, 2.24) is 5.32 Å². The van der Waals surface area contributed by atoms with E-state index in [0.29, 0.717) is 0 Å². The average molecular weight is 367 g/mol. The third kappa shape index (κ3) is 4.62. The second-order valence-corrected chi connectivity index (χ2v) is 6.95. The van der Waals surface area contributed by atoms with Gasteiger partial charge in [-0.15, -0.1) is 0 Å². The summed E-state index contributed by atoms with van der Waals surface area (Å²) >= 11 is 0. The number of carbonyl (C=O) groups is 3. The van der Waals surface area contributed by atoms with Gasteiger partial charge >= 0.3 is 6.09 Å². The minimum atomic E-state index is -1.15. The number of ether oxygens (including phenoxy) is 2. The highest BCUT2D eigenvalue weighted by Crippen LogP contribution is 2.33. The molecule has 0 saturated carbocycles. The average Bonchev–Trinajstić information content (AvgIpc) is 2.56. The quantitative estimate of drug-likeness (QED) is 0.837. The van der Waals surface area contributed by atoms with Crippen molar-refractivity contribution < 1.29 is 28.2 Å². The summed E-state index contributed by atoms with van der Waals surface area (Å²) in [5.74, 6) is -1.87. The first-order valence-corrected chi connectivity index (χ1v) is 8.03. The molecule has 0 radical (unpaired) electrons. The Labute approximate surface area is 150 Å². The number of nitrogens with two attached hydrogens (primary N) is 1. The normalized spacial score (nSPS) is 19.9. The molecular formula is C17H22FN3O5. The summed E-state index contributed by atoms with van der Waals surface area (Å²) in [6.07, 6.45) is -1.61. The van der Waals surface area contributed by atoms with E-state index in [1.807, 2.05) is 0 Å². The summed E-state index contributed by atoms with van der Waals surface area (Å²) in [5.41, 5.74) is 4.52. The molecule has 1 aromatic carbocycles. The molecule has 0 aromatic heterocycles. The van der Waals surface area contributed by atoms with Crippen molar-refractivity contribution in [3.05, 3.63) is 24.0 Å². The molecule has 0 saturated heterocycles. The second-order valence-electron chi connectivity index (χ2n) is 6.95. The maximum absolute atomic E-state index is 13.7. The number of rotatable bonds is 3. The molecule has 0 spiro atoms. The van der Waals surface area contributed by atoms with Gasteiger partial charge in [0.15, 0.2) is 0 Å². The summed E-state index contributed by atoms with van der Waals surface area (Å²) in [6.45, 7) is 6.12. The van der Waals surface area contributed by atoms with Crippen LogP contribution in [-0.2, 0) is 14.3 Å². The summed E-state index contributed by atoms with van der Waals surface area (Å²) in [6, 6.07) is 2.43. The Morgan fingerprint density at radius 1 is 1.38 bits per heavy atom. The Hall–Kier alpha value is -2.84. The van der Waals surface area contributed by atoms with E-state index >= 15 is 0 Å². The Morgan fingerprint density at radius 2 is 2.04 bits per heavy atom. The van der Waals surface area contributed by atoms with Crippen molar-refractivity contribution in [3.63, 3.8) is 0 Å². The molecule has 9 heteroatoms. The van der Waals surface area contributed by atoms with Gasteiger partial charge in [-0.05, 0) is 39.8 Å². The number of amides is 3. The number of hydrogen-bond acceptors (Lipinski definition) is 5. The zero-order valence-electron chi connectivity index (χ0n) is 15.0. The summed E-state index contributed by atoms with van der Waals surface area (Å²) in [5, 5.41) is 2.44. The molecule has 142 valence electrons. The number of fused-ring (bicyclic) bond motifs is 1. The molecule has 0 bridgehead atoms. The highest BCUT2D eigenvalue weighted by Gasteiger charge is 2.38. The Kier molecular flexibility index (Phi) is 5.38. The zero-order chi connectivity index (χ0) is 19.6. The van der Waals surface area contributed by atoms with Crippen LogP contribution in [0.5, 0.6) is 5.75 Å². The van der Waals surface area contributed by atoms with E-state index in [4.69, 9.17) is 15.2 Å². The van der Waals surface area contributed by atoms with Crippen LogP contribution in [0, 0.1) is 5.82 Å². The predicted octanol–water partition coefficient (Wildman–Crippen LogP) is 1.32. The maximum atomic E-state index is 13.7. The number of anilines is 1. The molecule has 2 atom stereocenters. The number of carbonyl (C=O) groups excluding carboxylic acids is 3. The van der Waals surface area contributed by atoms with E-state index in [-0.39, 0.29) is 11.4 Å². The van der Waals surface area contributed by atoms with Crippen molar-refractivity contribution in [2.75, 3.05) is 11.4 Å². The fourth-order valence-electron chi connectivity index (χ4n) is 2.49. The molecule has 8 nitrogen and oxygen atoms in total. The molecule has 1 aliphatic heterocycles. The van der Waals surface area contributed by atoms with Gasteiger partial charge in [0.05, 0.1) is 5.69 Å². The van der Waals surface area contributed by atoms with Crippen LogP contribution in [0.3, 0.4) is 0 Å². The molecule has 0 aliphatic carbocycles. The van der Waals surface area contributed by atoms with Crippen molar-refractivity contribution in [3.8, 4) is 5.75 Å². The molecule has 2 rings (SSSR count). The highest BCUT2D eigenvalue weighted by molar-refractivity contribution is 6.04. The van der Waals surface area contributed by atoms with Crippen molar-refractivity contribution in [1.29, 1.82) is 0 Å². The molecule has 0 fully saturated rings. The zero-order valence-corrected chi connectivity index (χ0v) is 15.0. The van der Waals surface area contributed by atoms with Gasteiger partial charge in [-0.3, -0.25) is 14.5 Å². The van der Waals surface area contributed by atoms with Gasteiger partial charge in [-0.25, -0.2) is 9.18 Å². The number of nitrogens with one attached hydrogen (secondary N) is 1. The second kappa shape index (κ2) is 7.19. The van der Waals surface area contributed by atoms with Crippen LogP contribution in [0.4, 0.5) is 14.9 Å². The first-order valence-electron chi connectivity index (χ1n) is 8.03. The summed E-state index contributed by atoms with van der Waals surface area (Å²) < 4.78 is 24.5. The summed E-state index contributed by atoms with van der Waals surface area (Å²) in [4.78, 5) is 37.4. The number of benzene rings is 1. The number of alkyl carbamates (subject to hydrolysis) is 1. The fourth-order valence-corrected chi connectivity index (χ4v) is 2.49. The third-order valence-electron chi connectivity index (χ3n) is 3.51. The molecule has 3 amide bonds. The minimum absolute atomic E-state index is 0.0640. The first kappa shape index (κ1) is 19.5. The van der Waals surface area contributed by atoms with Gasteiger partial charge in [-0.1, -0.05) is 0 Å². The van der Waals surface area contributed by atoms with Crippen LogP contribution in [0.2, 0.25) is 0 Å². The summed E-state index contributed by atoms with van der Waals surface area (Å²) in [7, 11) is 0. The van der Waals surface area contributed by atoms with Crippen LogP contribution < -0.4 is 20.7 Å². The number of nitrogens with zero attached hydrogens (tertiary/aromatic N) is 1. The Bertz CT molecular complexity index is 732. The molecule has 1 heterocycles. The Balaban J connectivity index is 2.36. The lowest BCUT2D eigenvalue weighted by Gasteiger charge is -2.27. The Morgan fingerprint density at radius 3 is 2.62 bits per heavy atom. The monoisotopic (exact) mass is 367 g/mol. The van der Waals surface area contributed by atoms with Crippen molar-refractivity contribution in [2.45, 2.75) is 45.4 Å². The van der Waals surface area contributed by atoms with Gasteiger partial charge < -0.3 is 20.5 Å². The van der Waals surface area contributed by atoms with E-state index in [2.05, 4.69) is 5.32 Å². The smallest absolute Gasteiger partial charge is 0.408 e. The molecule has 0 unspecified atom stereocenters. The van der Waals surface area contributed by atoms with Gasteiger partial charge in [-0.2, -0.15) is 0 Å². The van der Waals surface area contributed by atoms with Crippen LogP contribution >= 0.6 is 0 Å². The predicted molar refractivity (Wildman–Crippen MR) is 91.2 cm³/mol. The number of hydrogen-bond donors (Lipinski definition) is 2. The first-order chi connectivity index (χ1) is 12.0. The SMILES string of the molecule is C[C@H]1Oc2ccc(F)cc2N(CC(N)=O)C(=O)[C@H]1NC(=O)OC(C)(C)C. The van der Waals surface area contributed by atoms with Crippen molar-refractivity contribution >= 4 is 23.6 Å². The van der Waals surface area contributed by atoms with E-state index in [0.717, 1.165) is 11.0 Å². The molecule has 3 N–H and O–H groups in total. The van der Waals surface area contributed by atoms with E-state index < -0.39 is 48.0 Å². The standard InChI is InChI=1S/C17H22FN3O5/c1-9-14(20-16(24)26-17(2,3)4)15(23)21(8-13(19)22)11-7-10(18)5-6-12(11)25-9/h5-7,9,14H,8H2,1-4H3,(H2,19,22)(H,20,24)/t9-,14+/m1/s1. The maximum Gasteiger partial charge on any atom is 0.408 e. The van der Waals surface area contributed by atoms with Crippen molar-refractivity contribution in [2.24, 2.45) is 5.73 Å². The molecule has 26 heavy (non-hydrogen) atoms. The topological polar surface area (TPSA) is 111 Å². The van der Waals surface area contributed by atoms with Crippen LogP contribution in [0.15, 0.2) is 18.2 Å². The number of primary amides is 1. The number of halogens is 1. The van der Waals surface area contributed by atoms with Gasteiger partial charge in [0.1, 0.15) is 35.9 Å². The lowest BCUT2D eigenvalue weighted by molar-refractivity contribution is -0.124. The van der Waals surface area contributed by atoms with Crippen LogP contribution in [-0.4, -0.2) is 42.2 Å². The highest BCUT2D eigenvalue weighted by atomic mass is 19.1. The largest absolute Gasteiger partial charge is 0.486 e. The van der Waals surface area contributed by atoms with Gasteiger partial charge in [0.2, 0.25) is 5.91 Å².